The highest BCUT2D eigenvalue weighted by Crippen LogP contribution is 2.18. The van der Waals surface area contributed by atoms with Crippen LogP contribution in [0.1, 0.15) is 10.4 Å². The lowest BCUT2D eigenvalue weighted by atomic mass is 10.1. The standard InChI is InChI=1S/C23H23N3O3/c1-26(20-8-4-3-5-9-20)23(28)17-11-13-18(14-12-17)25-22(27)16-24-19-7-6-10-21(15-19)29-2/h3-15,24H,16H2,1-2H3,(H,25,27). The van der Waals surface area contributed by atoms with Crippen LogP contribution in [0.3, 0.4) is 0 Å². The van der Waals surface area contributed by atoms with Gasteiger partial charge in [-0.1, -0.05) is 24.3 Å². The van der Waals surface area contributed by atoms with E-state index < -0.39 is 0 Å². The third kappa shape index (κ3) is 5.35. The molecule has 0 spiro atoms. The molecule has 0 aliphatic heterocycles. The van der Waals surface area contributed by atoms with Crippen molar-refractivity contribution in [3.63, 3.8) is 0 Å². The van der Waals surface area contributed by atoms with E-state index in [1.165, 1.54) is 0 Å². The van der Waals surface area contributed by atoms with Crippen molar-refractivity contribution in [2.45, 2.75) is 0 Å². The molecule has 3 rings (SSSR count). The maximum atomic E-state index is 12.6. The van der Waals surface area contributed by atoms with Crippen LogP contribution < -0.4 is 20.3 Å². The maximum Gasteiger partial charge on any atom is 0.258 e. The molecule has 3 aromatic rings. The van der Waals surface area contributed by atoms with Crippen molar-refractivity contribution in [1.82, 2.24) is 0 Å². The van der Waals surface area contributed by atoms with Gasteiger partial charge in [-0.3, -0.25) is 9.59 Å². The SMILES string of the molecule is COc1cccc(NCC(=O)Nc2ccc(C(=O)N(C)c3ccccc3)cc2)c1. The van der Waals surface area contributed by atoms with Crippen molar-refractivity contribution >= 4 is 28.9 Å². The minimum absolute atomic E-state index is 0.116. The Balaban J connectivity index is 1.55. The molecule has 0 saturated carbocycles. The molecule has 0 heterocycles. The fourth-order valence-corrected chi connectivity index (χ4v) is 2.78. The lowest BCUT2D eigenvalue weighted by Gasteiger charge is -2.17. The van der Waals surface area contributed by atoms with Gasteiger partial charge in [0, 0.05) is 35.7 Å². The predicted molar refractivity (Wildman–Crippen MR) is 116 cm³/mol. The fraction of sp³-hybridized carbons (Fsp3) is 0.130. The normalized spacial score (nSPS) is 10.1. The number of rotatable bonds is 7. The van der Waals surface area contributed by atoms with Gasteiger partial charge in [-0.2, -0.15) is 0 Å². The zero-order chi connectivity index (χ0) is 20.6. The van der Waals surface area contributed by atoms with E-state index in [4.69, 9.17) is 4.74 Å². The number of nitrogens with one attached hydrogen (secondary N) is 2. The maximum absolute atomic E-state index is 12.6. The molecule has 6 nitrogen and oxygen atoms in total. The number of benzene rings is 3. The Labute approximate surface area is 170 Å². The van der Waals surface area contributed by atoms with Gasteiger partial charge in [0.05, 0.1) is 13.7 Å². The summed E-state index contributed by atoms with van der Waals surface area (Å²) in [5, 5.41) is 5.86. The first-order chi connectivity index (χ1) is 14.1. The third-order valence-electron chi connectivity index (χ3n) is 4.39. The summed E-state index contributed by atoms with van der Waals surface area (Å²) in [4.78, 5) is 26.4. The Morgan fingerprint density at radius 1 is 0.897 bits per heavy atom. The van der Waals surface area contributed by atoms with E-state index in [0.717, 1.165) is 17.1 Å². The van der Waals surface area contributed by atoms with Crippen LogP contribution in [0.4, 0.5) is 17.1 Å². The second-order valence-electron chi connectivity index (χ2n) is 6.41. The summed E-state index contributed by atoms with van der Waals surface area (Å²) >= 11 is 0. The van der Waals surface area contributed by atoms with Gasteiger partial charge in [0.15, 0.2) is 0 Å². The summed E-state index contributed by atoms with van der Waals surface area (Å²) < 4.78 is 5.16. The third-order valence-corrected chi connectivity index (χ3v) is 4.39. The number of hydrogen-bond donors (Lipinski definition) is 2. The van der Waals surface area contributed by atoms with Crippen molar-refractivity contribution < 1.29 is 14.3 Å². The quantitative estimate of drug-likeness (QED) is 0.640. The topological polar surface area (TPSA) is 70.7 Å². The molecule has 3 aromatic carbocycles. The highest BCUT2D eigenvalue weighted by molar-refractivity contribution is 6.06. The van der Waals surface area contributed by atoms with Crippen LogP contribution in [0.2, 0.25) is 0 Å². The Hall–Kier alpha value is -3.80. The van der Waals surface area contributed by atoms with Crippen molar-refractivity contribution in [2.75, 3.05) is 36.2 Å². The predicted octanol–water partition coefficient (Wildman–Crippen LogP) is 4.02. The molecule has 0 aromatic heterocycles. The minimum atomic E-state index is -0.187. The number of carbonyl (C=O) groups is 2. The van der Waals surface area contributed by atoms with Crippen LogP contribution in [0.25, 0.3) is 0 Å². The van der Waals surface area contributed by atoms with Crippen molar-refractivity contribution in [3.8, 4) is 5.75 Å². The van der Waals surface area contributed by atoms with Gasteiger partial charge in [0.25, 0.3) is 5.91 Å². The van der Waals surface area contributed by atoms with Crippen LogP contribution >= 0.6 is 0 Å². The molecule has 0 aliphatic rings. The van der Waals surface area contributed by atoms with E-state index in [-0.39, 0.29) is 18.4 Å². The summed E-state index contributed by atoms with van der Waals surface area (Å²) in [6.07, 6.45) is 0. The molecule has 6 heteroatoms. The monoisotopic (exact) mass is 389 g/mol. The van der Waals surface area contributed by atoms with Gasteiger partial charge in [0.1, 0.15) is 5.75 Å². The van der Waals surface area contributed by atoms with Crippen LogP contribution in [-0.2, 0) is 4.79 Å². The van der Waals surface area contributed by atoms with E-state index in [1.807, 2.05) is 54.6 Å². The number of nitrogens with zero attached hydrogens (tertiary/aromatic N) is 1. The molecule has 29 heavy (non-hydrogen) atoms. The first-order valence-electron chi connectivity index (χ1n) is 9.18. The van der Waals surface area contributed by atoms with Gasteiger partial charge in [0.2, 0.25) is 5.91 Å². The van der Waals surface area contributed by atoms with Crippen molar-refractivity contribution in [2.24, 2.45) is 0 Å². The Morgan fingerprint density at radius 2 is 1.62 bits per heavy atom. The number of carbonyl (C=O) groups excluding carboxylic acids is 2. The van der Waals surface area contributed by atoms with Gasteiger partial charge in [-0.15, -0.1) is 0 Å². The molecular weight excluding hydrogens is 366 g/mol. The molecular formula is C23H23N3O3. The number of amides is 2. The Bertz CT molecular complexity index is 972. The van der Waals surface area contributed by atoms with E-state index >= 15 is 0 Å². The summed E-state index contributed by atoms with van der Waals surface area (Å²) in [6, 6.07) is 23.6. The molecule has 2 N–H and O–H groups in total. The molecule has 148 valence electrons. The number of methoxy groups -OCH3 is 1. The zero-order valence-electron chi connectivity index (χ0n) is 16.4. The first-order valence-corrected chi connectivity index (χ1v) is 9.18. The fourth-order valence-electron chi connectivity index (χ4n) is 2.78. The van der Waals surface area contributed by atoms with Gasteiger partial charge in [-0.05, 0) is 48.5 Å². The smallest absolute Gasteiger partial charge is 0.258 e. The Morgan fingerprint density at radius 3 is 2.31 bits per heavy atom. The second kappa shape index (κ2) is 9.41. The summed E-state index contributed by atoms with van der Waals surface area (Å²) in [5.74, 6) is 0.415. The molecule has 0 fully saturated rings. The molecule has 0 saturated heterocycles. The minimum Gasteiger partial charge on any atom is -0.497 e. The molecule has 0 bridgehead atoms. The second-order valence-corrected chi connectivity index (χ2v) is 6.41. The van der Waals surface area contributed by atoms with E-state index in [2.05, 4.69) is 10.6 Å². The average Bonchev–Trinajstić information content (AvgIpc) is 2.78. The van der Waals surface area contributed by atoms with Crippen LogP contribution in [0.5, 0.6) is 5.75 Å². The molecule has 0 radical (unpaired) electrons. The number of hydrogen-bond acceptors (Lipinski definition) is 4. The number of ether oxygens (including phenoxy) is 1. The lowest BCUT2D eigenvalue weighted by molar-refractivity contribution is -0.114. The molecule has 2 amide bonds. The highest BCUT2D eigenvalue weighted by atomic mass is 16.5. The largest absolute Gasteiger partial charge is 0.497 e. The molecule has 0 atom stereocenters. The summed E-state index contributed by atoms with van der Waals surface area (Å²) in [6.45, 7) is 0.116. The van der Waals surface area contributed by atoms with Gasteiger partial charge < -0.3 is 20.3 Å². The van der Waals surface area contributed by atoms with Crippen molar-refractivity contribution in [3.05, 3.63) is 84.4 Å². The Kier molecular flexibility index (Phi) is 6.47. The highest BCUT2D eigenvalue weighted by Gasteiger charge is 2.13. The van der Waals surface area contributed by atoms with Crippen LogP contribution in [0.15, 0.2) is 78.9 Å². The van der Waals surface area contributed by atoms with E-state index in [0.29, 0.717) is 11.3 Å². The number of anilines is 3. The molecule has 0 unspecified atom stereocenters. The average molecular weight is 389 g/mol. The van der Waals surface area contributed by atoms with E-state index in [1.54, 1.807) is 43.3 Å². The van der Waals surface area contributed by atoms with E-state index in [9.17, 15) is 9.59 Å². The lowest BCUT2D eigenvalue weighted by Crippen LogP contribution is -2.26. The van der Waals surface area contributed by atoms with Crippen LogP contribution in [-0.4, -0.2) is 32.5 Å². The van der Waals surface area contributed by atoms with Gasteiger partial charge in [-0.25, -0.2) is 0 Å². The van der Waals surface area contributed by atoms with Gasteiger partial charge >= 0.3 is 0 Å². The van der Waals surface area contributed by atoms with Crippen LogP contribution in [0, 0.1) is 0 Å². The molecule has 0 aliphatic carbocycles. The first kappa shape index (κ1) is 19.9. The summed E-state index contributed by atoms with van der Waals surface area (Å²) in [7, 11) is 3.33. The number of para-hydroxylation sites is 1. The summed E-state index contributed by atoms with van der Waals surface area (Å²) in [5.41, 5.74) is 2.79. The van der Waals surface area contributed by atoms with Crippen molar-refractivity contribution in [1.29, 1.82) is 0 Å². The zero-order valence-corrected chi connectivity index (χ0v) is 16.4.